The summed E-state index contributed by atoms with van der Waals surface area (Å²) >= 11 is 0. The molecule has 4 heteroatoms. The Morgan fingerprint density at radius 3 is 2.53 bits per heavy atom. The van der Waals surface area contributed by atoms with Crippen molar-refractivity contribution in [3.8, 4) is 0 Å². The van der Waals surface area contributed by atoms with Crippen LogP contribution < -0.4 is 0 Å². The van der Waals surface area contributed by atoms with Crippen LogP contribution in [0.4, 0.5) is 0 Å². The van der Waals surface area contributed by atoms with Crippen molar-refractivity contribution in [2.24, 2.45) is 0 Å². The second-order valence-electron chi connectivity index (χ2n) is 3.20. The van der Waals surface area contributed by atoms with Gasteiger partial charge < -0.3 is 9.84 Å². The molecule has 1 rings (SSSR count). The highest BCUT2D eigenvalue weighted by atomic mass is 16.5. The number of aryl methyl sites for hydroxylation is 1. The SMILES string of the molecule is COC(=O)Cc1ccc(C(=O)O)cc1C. The number of hydrogen-bond acceptors (Lipinski definition) is 3. The number of carbonyl (C=O) groups excluding carboxylic acids is 1. The molecule has 0 heterocycles. The molecule has 0 spiro atoms. The number of carbonyl (C=O) groups is 2. The van der Waals surface area contributed by atoms with Crippen molar-refractivity contribution in [2.75, 3.05) is 7.11 Å². The highest BCUT2D eigenvalue weighted by Gasteiger charge is 2.08. The highest BCUT2D eigenvalue weighted by molar-refractivity contribution is 5.88. The third kappa shape index (κ3) is 2.80. The number of methoxy groups -OCH3 is 1. The molecule has 0 aliphatic carbocycles. The van der Waals surface area contributed by atoms with Crippen molar-refractivity contribution >= 4 is 11.9 Å². The van der Waals surface area contributed by atoms with Gasteiger partial charge in [0, 0.05) is 0 Å². The summed E-state index contributed by atoms with van der Waals surface area (Å²) in [6.07, 6.45) is 0.169. The number of ether oxygens (including phenoxy) is 1. The molecule has 0 saturated carbocycles. The molecule has 1 aromatic rings. The minimum atomic E-state index is -0.970. The van der Waals surface area contributed by atoms with Crippen LogP contribution in [-0.2, 0) is 16.0 Å². The van der Waals surface area contributed by atoms with Crippen LogP contribution in [0.5, 0.6) is 0 Å². The summed E-state index contributed by atoms with van der Waals surface area (Å²) in [6, 6.07) is 4.66. The lowest BCUT2D eigenvalue weighted by Crippen LogP contribution is -2.06. The largest absolute Gasteiger partial charge is 0.478 e. The van der Waals surface area contributed by atoms with Crippen LogP contribution in [0, 0.1) is 6.92 Å². The molecule has 0 atom stereocenters. The van der Waals surface area contributed by atoms with E-state index in [1.165, 1.54) is 13.2 Å². The lowest BCUT2D eigenvalue weighted by atomic mass is 10.0. The average Bonchev–Trinajstić information content (AvgIpc) is 2.20. The van der Waals surface area contributed by atoms with E-state index in [2.05, 4.69) is 4.74 Å². The smallest absolute Gasteiger partial charge is 0.335 e. The Balaban J connectivity index is 2.93. The van der Waals surface area contributed by atoms with Gasteiger partial charge in [-0.3, -0.25) is 4.79 Å². The molecule has 0 aliphatic rings. The molecule has 0 amide bonds. The van der Waals surface area contributed by atoms with Crippen molar-refractivity contribution in [1.82, 2.24) is 0 Å². The fourth-order valence-electron chi connectivity index (χ4n) is 1.25. The van der Waals surface area contributed by atoms with Crippen LogP contribution in [0.15, 0.2) is 18.2 Å². The molecule has 0 unspecified atom stereocenters. The van der Waals surface area contributed by atoms with Gasteiger partial charge >= 0.3 is 11.9 Å². The van der Waals surface area contributed by atoms with Crippen LogP contribution in [0.3, 0.4) is 0 Å². The van der Waals surface area contributed by atoms with Crippen LogP contribution >= 0.6 is 0 Å². The second-order valence-corrected chi connectivity index (χ2v) is 3.20. The lowest BCUT2D eigenvalue weighted by molar-refractivity contribution is -0.139. The standard InChI is InChI=1S/C11H12O4/c1-7-5-9(11(13)14)4-3-8(7)6-10(12)15-2/h3-5H,6H2,1-2H3,(H,13,14). The lowest BCUT2D eigenvalue weighted by Gasteiger charge is -2.05. The van der Waals surface area contributed by atoms with Gasteiger partial charge in [-0.1, -0.05) is 6.07 Å². The van der Waals surface area contributed by atoms with Crippen molar-refractivity contribution in [2.45, 2.75) is 13.3 Å². The maximum atomic E-state index is 11.0. The van der Waals surface area contributed by atoms with E-state index in [-0.39, 0.29) is 18.0 Å². The van der Waals surface area contributed by atoms with E-state index in [0.717, 1.165) is 11.1 Å². The minimum absolute atomic E-state index is 0.169. The van der Waals surface area contributed by atoms with Gasteiger partial charge in [-0.05, 0) is 30.2 Å². The number of benzene rings is 1. The number of rotatable bonds is 3. The normalized spacial score (nSPS) is 9.73. The second kappa shape index (κ2) is 4.59. The van der Waals surface area contributed by atoms with Gasteiger partial charge in [0.1, 0.15) is 0 Å². The molecule has 0 bridgehead atoms. The van der Waals surface area contributed by atoms with Crippen LogP contribution in [0.25, 0.3) is 0 Å². The van der Waals surface area contributed by atoms with E-state index in [0.29, 0.717) is 0 Å². The summed E-state index contributed by atoms with van der Waals surface area (Å²) in [6.45, 7) is 1.77. The summed E-state index contributed by atoms with van der Waals surface area (Å²) in [4.78, 5) is 21.7. The van der Waals surface area contributed by atoms with Crippen molar-refractivity contribution in [3.63, 3.8) is 0 Å². The zero-order valence-corrected chi connectivity index (χ0v) is 8.61. The van der Waals surface area contributed by atoms with Crippen molar-refractivity contribution < 1.29 is 19.4 Å². The van der Waals surface area contributed by atoms with Crippen molar-refractivity contribution in [3.05, 3.63) is 34.9 Å². The molecule has 1 aromatic carbocycles. The topological polar surface area (TPSA) is 63.6 Å². The van der Waals surface area contributed by atoms with E-state index >= 15 is 0 Å². The summed E-state index contributed by atoms with van der Waals surface area (Å²) in [5, 5.41) is 8.74. The Morgan fingerprint density at radius 2 is 2.07 bits per heavy atom. The van der Waals surface area contributed by atoms with E-state index < -0.39 is 5.97 Å². The first-order valence-corrected chi connectivity index (χ1v) is 4.44. The van der Waals surface area contributed by atoms with E-state index in [9.17, 15) is 9.59 Å². The Bertz CT molecular complexity index is 396. The van der Waals surface area contributed by atoms with Crippen LogP contribution in [0.1, 0.15) is 21.5 Å². The van der Waals surface area contributed by atoms with E-state index in [1.54, 1.807) is 19.1 Å². The first kappa shape index (κ1) is 11.2. The van der Waals surface area contributed by atoms with Gasteiger partial charge in [0.05, 0.1) is 19.1 Å². The Kier molecular flexibility index (Phi) is 3.44. The molecule has 15 heavy (non-hydrogen) atoms. The molecule has 0 aliphatic heterocycles. The number of carboxylic acids is 1. The fraction of sp³-hybridized carbons (Fsp3) is 0.273. The van der Waals surface area contributed by atoms with Crippen molar-refractivity contribution in [1.29, 1.82) is 0 Å². The van der Waals surface area contributed by atoms with Gasteiger partial charge in [-0.15, -0.1) is 0 Å². The summed E-state index contributed by atoms with van der Waals surface area (Å²) < 4.78 is 4.53. The predicted octanol–water partition coefficient (Wildman–Crippen LogP) is 1.41. The van der Waals surface area contributed by atoms with Gasteiger partial charge in [0.25, 0.3) is 0 Å². The first-order valence-electron chi connectivity index (χ1n) is 4.44. The number of hydrogen-bond donors (Lipinski definition) is 1. The molecular formula is C11H12O4. The molecule has 0 aromatic heterocycles. The molecule has 1 N–H and O–H groups in total. The predicted molar refractivity (Wildman–Crippen MR) is 53.9 cm³/mol. The molecule has 0 saturated heterocycles. The summed E-state index contributed by atoms with van der Waals surface area (Å²) in [5.74, 6) is -1.30. The van der Waals surface area contributed by atoms with Crippen LogP contribution in [-0.4, -0.2) is 24.2 Å². The summed E-state index contributed by atoms with van der Waals surface area (Å²) in [5.41, 5.74) is 1.79. The zero-order chi connectivity index (χ0) is 11.4. The van der Waals surface area contributed by atoms with Gasteiger partial charge in [0.15, 0.2) is 0 Å². The quantitative estimate of drug-likeness (QED) is 0.763. The third-order valence-corrected chi connectivity index (χ3v) is 2.15. The maximum Gasteiger partial charge on any atom is 0.335 e. The van der Waals surface area contributed by atoms with Crippen LogP contribution in [0.2, 0.25) is 0 Å². The number of carboxylic acid groups (broad SMARTS) is 1. The monoisotopic (exact) mass is 208 g/mol. The number of aromatic carboxylic acids is 1. The maximum absolute atomic E-state index is 11.0. The molecule has 80 valence electrons. The molecular weight excluding hydrogens is 196 g/mol. The highest BCUT2D eigenvalue weighted by Crippen LogP contribution is 2.12. The molecule has 0 fully saturated rings. The fourth-order valence-corrected chi connectivity index (χ4v) is 1.25. The molecule has 0 radical (unpaired) electrons. The Morgan fingerprint density at radius 1 is 1.40 bits per heavy atom. The number of esters is 1. The van der Waals surface area contributed by atoms with E-state index in [4.69, 9.17) is 5.11 Å². The molecule has 4 nitrogen and oxygen atoms in total. The zero-order valence-electron chi connectivity index (χ0n) is 8.61. The third-order valence-electron chi connectivity index (χ3n) is 2.15. The van der Waals surface area contributed by atoms with E-state index in [1.807, 2.05) is 0 Å². The minimum Gasteiger partial charge on any atom is -0.478 e. The summed E-state index contributed by atoms with van der Waals surface area (Å²) in [7, 11) is 1.32. The average molecular weight is 208 g/mol. The Labute approximate surface area is 87.5 Å². The first-order chi connectivity index (χ1) is 7.04. The van der Waals surface area contributed by atoms with Gasteiger partial charge in [0.2, 0.25) is 0 Å². The van der Waals surface area contributed by atoms with Gasteiger partial charge in [-0.25, -0.2) is 4.79 Å². The van der Waals surface area contributed by atoms with Gasteiger partial charge in [-0.2, -0.15) is 0 Å². The Hall–Kier alpha value is -1.84.